The van der Waals surface area contributed by atoms with Crippen molar-refractivity contribution in [2.45, 2.75) is 4.90 Å². The highest BCUT2D eigenvalue weighted by Crippen LogP contribution is 2.09. The maximum Gasteiger partial charge on any atom is 0.0410 e. The van der Waals surface area contributed by atoms with Crippen molar-refractivity contribution in [2.24, 2.45) is 0 Å². The summed E-state index contributed by atoms with van der Waals surface area (Å²) in [6.07, 6.45) is 5.53. The standard InChI is InChI=1S/C6H6NS/c1-8-6-3-2-4-7-5-6/h2,4-5H,1H3. The lowest BCUT2D eigenvalue weighted by molar-refractivity contribution is 1.23. The summed E-state index contributed by atoms with van der Waals surface area (Å²) < 4.78 is 0. The number of rotatable bonds is 1. The van der Waals surface area contributed by atoms with E-state index in [0.29, 0.717) is 0 Å². The Kier molecular flexibility index (Phi) is 1.92. The zero-order valence-corrected chi connectivity index (χ0v) is 5.40. The Morgan fingerprint density at radius 2 is 2.62 bits per heavy atom. The molecule has 1 rings (SSSR count). The van der Waals surface area contributed by atoms with Crippen LogP contribution in [-0.2, 0) is 0 Å². The third-order valence-electron chi connectivity index (χ3n) is 0.798. The van der Waals surface area contributed by atoms with Gasteiger partial charge in [0.15, 0.2) is 0 Å². The maximum absolute atomic E-state index is 3.90. The van der Waals surface area contributed by atoms with Crippen LogP contribution in [-0.4, -0.2) is 11.2 Å². The van der Waals surface area contributed by atoms with E-state index in [9.17, 15) is 0 Å². The summed E-state index contributed by atoms with van der Waals surface area (Å²) in [7, 11) is 0. The van der Waals surface area contributed by atoms with Crippen molar-refractivity contribution in [1.82, 2.24) is 4.98 Å². The molecule has 0 aromatic carbocycles. The third kappa shape index (κ3) is 1.23. The van der Waals surface area contributed by atoms with Crippen LogP contribution in [0, 0.1) is 6.07 Å². The van der Waals surface area contributed by atoms with E-state index in [1.807, 2.05) is 12.3 Å². The smallest absolute Gasteiger partial charge is 0.0410 e. The molecule has 0 bridgehead atoms. The SMILES string of the molecule is CSc1[c]ccnc1. The number of pyridine rings is 1. The van der Waals surface area contributed by atoms with Gasteiger partial charge >= 0.3 is 0 Å². The first-order chi connectivity index (χ1) is 3.93. The number of hydrogen-bond donors (Lipinski definition) is 0. The molecule has 1 aromatic heterocycles. The van der Waals surface area contributed by atoms with E-state index >= 15 is 0 Å². The molecule has 0 N–H and O–H groups in total. The van der Waals surface area contributed by atoms with Gasteiger partial charge in [-0.1, -0.05) is 0 Å². The molecule has 0 aliphatic carbocycles. The van der Waals surface area contributed by atoms with Crippen LogP contribution in [0.4, 0.5) is 0 Å². The van der Waals surface area contributed by atoms with Crippen molar-refractivity contribution < 1.29 is 0 Å². The minimum absolute atomic E-state index is 1.09. The van der Waals surface area contributed by atoms with Gasteiger partial charge in [0, 0.05) is 17.3 Å². The van der Waals surface area contributed by atoms with Crippen molar-refractivity contribution in [3.63, 3.8) is 0 Å². The van der Waals surface area contributed by atoms with Gasteiger partial charge in [0.2, 0.25) is 0 Å². The molecule has 0 saturated heterocycles. The van der Waals surface area contributed by atoms with Gasteiger partial charge in [-0.2, -0.15) is 0 Å². The average molecular weight is 124 g/mol. The molecule has 0 saturated carbocycles. The summed E-state index contributed by atoms with van der Waals surface area (Å²) in [4.78, 5) is 4.99. The zero-order chi connectivity index (χ0) is 5.82. The number of thioether (sulfide) groups is 1. The van der Waals surface area contributed by atoms with Crippen molar-refractivity contribution >= 4 is 11.8 Å². The Balaban J connectivity index is 2.83. The first kappa shape index (κ1) is 5.63. The normalized spacial score (nSPS) is 9.12. The fourth-order valence-electron chi connectivity index (χ4n) is 0.422. The second-order valence-electron chi connectivity index (χ2n) is 1.31. The topological polar surface area (TPSA) is 12.9 Å². The Bertz CT molecular complexity index is 150. The Morgan fingerprint density at radius 1 is 1.75 bits per heavy atom. The summed E-state index contributed by atoms with van der Waals surface area (Å²) >= 11 is 1.65. The highest BCUT2D eigenvalue weighted by molar-refractivity contribution is 7.98. The number of hydrogen-bond acceptors (Lipinski definition) is 2. The lowest BCUT2D eigenvalue weighted by Crippen LogP contribution is -1.70. The fourth-order valence-corrected chi connectivity index (χ4v) is 0.774. The first-order valence-electron chi connectivity index (χ1n) is 2.29. The summed E-state index contributed by atoms with van der Waals surface area (Å²) in [6.45, 7) is 0. The summed E-state index contributed by atoms with van der Waals surface area (Å²) in [6, 6.07) is 4.83. The third-order valence-corrected chi connectivity index (χ3v) is 1.46. The van der Waals surface area contributed by atoms with Gasteiger partial charge in [-0.25, -0.2) is 0 Å². The predicted octanol–water partition coefficient (Wildman–Crippen LogP) is 1.60. The molecule has 1 aromatic rings. The highest BCUT2D eigenvalue weighted by atomic mass is 32.2. The zero-order valence-electron chi connectivity index (χ0n) is 4.59. The van der Waals surface area contributed by atoms with Crippen molar-refractivity contribution in [3.05, 3.63) is 24.5 Å². The summed E-state index contributed by atoms with van der Waals surface area (Å²) in [5.74, 6) is 0. The minimum atomic E-state index is 1.09. The average Bonchev–Trinajstić information content (AvgIpc) is 1.90. The van der Waals surface area contributed by atoms with Crippen molar-refractivity contribution in [1.29, 1.82) is 0 Å². The molecular formula is C6H6NS. The molecule has 0 aliphatic heterocycles. The van der Waals surface area contributed by atoms with E-state index in [0.717, 1.165) is 4.90 Å². The van der Waals surface area contributed by atoms with E-state index in [2.05, 4.69) is 11.1 Å². The van der Waals surface area contributed by atoms with E-state index < -0.39 is 0 Å². The minimum Gasteiger partial charge on any atom is -0.264 e. The van der Waals surface area contributed by atoms with Gasteiger partial charge in [0.1, 0.15) is 0 Å². The maximum atomic E-state index is 3.90. The molecule has 41 valence electrons. The van der Waals surface area contributed by atoms with Gasteiger partial charge in [-0.15, -0.1) is 11.8 Å². The molecule has 0 unspecified atom stereocenters. The van der Waals surface area contributed by atoms with E-state index in [1.54, 1.807) is 24.2 Å². The van der Waals surface area contributed by atoms with E-state index in [-0.39, 0.29) is 0 Å². The van der Waals surface area contributed by atoms with Crippen LogP contribution in [0.1, 0.15) is 0 Å². The monoisotopic (exact) mass is 124 g/mol. The van der Waals surface area contributed by atoms with Gasteiger partial charge in [0.05, 0.1) is 0 Å². The second-order valence-corrected chi connectivity index (χ2v) is 2.15. The van der Waals surface area contributed by atoms with Crippen LogP contribution in [0.2, 0.25) is 0 Å². The predicted molar refractivity (Wildman–Crippen MR) is 34.9 cm³/mol. The number of nitrogens with zero attached hydrogens (tertiary/aromatic N) is 1. The molecule has 0 spiro atoms. The molecule has 1 nitrogen and oxygen atoms in total. The Labute approximate surface area is 53.1 Å². The van der Waals surface area contributed by atoms with Crippen molar-refractivity contribution in [2.75, 3.05) is 6.26 Å². The lowest BCUT2D eigenvalue weighted by Gasteiger charge is -1.87. The quantitative estimate of drug-likeness (QED) is 0.527. The molecule has 1 radical (unpaired) electrons. The largest absolute Gasteiger partial charge is 0.264 e. The van der Waals surface area contributed by atoms with E-state index in [1.165, 1.54) is 0 Å². The first-order valence-corrected chi connectivity index (χ1v) is 3.51. The van der Waals surface area contributed by atoms with Gasteiger partial charge in [0.25, 0.3) is 0 Å². The molecule has 2 heteroatoms. The van der Waals surface area contributed by atoms with Gasteiger partial charge in [-0.3, -0.25) is 4.98 Å². The Morgan fingerprint density at radius 3 is 3.00 bits per heavy atom. The fraction of sp³-hybridized carbons (Fsp3) is 0.167. The molecule has 8 heavy (non-hydrogen) atoms. The highest BCUT2D eigenvalue weighted by Gasteiger charge is 1.82. The van der Waals surface area contributed by atoms with E-state index in [4.69, 9.17) is 0 Å². The molecule has 0 amide bonds. The van der Waals surface area contributed by atoms with Crippen LogP contribution in [0.15, 0.2) is 23.4 Å². The van der Waals surface area contributed by atoms with Crippen LogP contribution in [0.3, 0.4) is 0 Å². The summed E-state index contributed by atoms with van der Waals surface area (Å²) in [5.41, 5.74) is 0. The van der Waals surface area contributed by atoms with Crippen LogP contribution < -0.4 is 0 Å². The molecular weight excluding hydrogens is 118 g/mol. The van der Waals surface area contributed by atoms with Gasteiger partial charge < -0.3 is 0 Å². The molecule has 0 fully saturated rings. The van der Waals surface area contributed by atoms with Crippen LogP contribution in [0.25, 0.3) is 0 Å². The van der Waals surface area contributed by atoms with Crippen molar-refractivity contribution in [3.8, 4) is 0 Å². The molecule has 1 heterocycles. The number of aromatic nitrogens is 1. The second kappa shape index (κ2) is 2.72. The molecule has 0 aliphatic rings. The van der Waals surface area contributed by atoms with Gasteiger partial charge in [-0.05, 0) is 18.4 Å². The lowest BCUT2D eigenvalue weighted by atomic mass is 10.5. The van der Waals surface area contributed by atoms with Crippen LogP contribution >= 0.6 is 11.8 Å². The van der Waals surface area contributed by atoms with Crippen LogP contribution in [0.5, 0.6) is 0 Å². The Hall–Kier alpha value is -0.500. The summed E-state index contributed by atoms with van der Waals surface area (Å²) in [5, 5.41) is 0. The molecule has 0 atom stereocenters.